The summed E-state index contributed by atoms with van der Waals surface area (Å²) in [5.74, 6) is 1.49. The van der Waals surface area contributed by atoms with Crippen molar-refractivity contribution >= 4 is 17.2 Å². The number of fused-ring (bicyclic) bond motifs is 2. The van der Waals surface area contributed by atoms with Crippen molar-refractivity contribution in [3.63, 3.8) is 0 Å². The van der Waals surface area contributed by atoms with Gasteiger partial charge in [0.25, 0.3) is 5.91 Å². The molecule has 1 heterocycles. The van der Waals surface area contributed by atoms with Crippen molar-refractivity contribution in [3.05, 3.63) is 34.5 Å². The Labute approximate surface area is 99.6 Å². The first-order valence-electron chi connectivity index (χ1n) is 5.74. The molecule has 3 heteroatoms. The van der Waals surface area contributed by atoms with Gasteiger partial charge in [0.15, 0.2) is 0 Å². The fourth-order valence-corrected chi connectivity index (χ4v) is 3.63. The Morgan fingerprint density at radius 3 is 2.88 bits per heavy atom. The van der Waals surface area contributed by atoms with E-state index in [0.29, 0.717) is 17.9 Å². The topological polar surface area (TPSA) is 20.3 Å². The number of hydrogen-bond acceptors (Lipinski definition) is 2. The second-order valence-electron chi connectivity index (χ2n) is 4.74. The minimum Gasteiger partial charge on any atom is -0.337 e. The quantitative estimate of drug-likeness (QED) is 0.719. The smallest absolute Gasteiger partial charge is 0.263 e. The molecule has 1 aromatic rings. The lowest BCUT2D eigenvalue weighted by Crippen LogP contribution is -2.39. The van der Waals surface area contributed by atoms with Gasteiger partial charge in [-0.1, -0.05) is 18.2 Å². The lowest BCUT2D eigenvalue weighted by molar-refractivity contribution is 0.0714. The molecule has 0 spiro atoms. The monoisotopic (exact) mass is 233 g/mol. The molecule has 3 atom stereocenters. The van der Waals surface area contributed by atoms with Gasteiger partial charge < -0.3 is 4.90 Å². The first-order chi connectivity index (χ1) is 7.75. The second kappa shape index (κ2) is 3.74. The molecule has 0 aliphatic heterocycles. The van der Waals surface area contributed by atoms with Crippen molar-refractivity contribution < 1.29 is 4.79 Å². The Morgan fingerprint density at radius 1 is 1.44 bits per heavy atom. The van der Waals surface area contributed by atoms with Gasteiger partial charge in [0.1, 0.15) is 0 Å². The molecule has 1 saturated carbocycles. The summed E-state index contributed by atoms with van der Waals surface area (Å²) in [5, 5.41) is 1.96. The van der Waals surface area contributed by atoms with E-state index >= 15 is 0 Å². The molecule has 0 radical (unpaired) electrons. The maximum Gasteiger partial charge on any atom is 0.263 e. The molecule has 0 saturated heterocycles. The summed E-state index contributed by atoms with van der Waals surface area (Å²) in [5.41, 5.74) is 0. The van der Waals surface area contributed by atoms with Gasteiger partial charge in [-0.2, -0.15) is 0 Å². The van der Waals surface area contributed by atoms with Crippen molar-refractivity contribution in [1.82, 2.24) is 4.90 Å². The molecule has 2 aliphatic carbocycles. The number of allylic oxidation sites excluding steroid dienone is 1. The molecule has 1 amide bonds. The highest BCUT2D eigenvalue weighted by Crippen LogP contribution is 2.41. The van der Waals surface area contributed by atoms with Gasteiger partial charge in [-0.25, -0.2) is 0 Å². The summed E-state index contributed by atoms with van der Waals surface area (Å²) in [6.45, 7) is 0. The van der Waals surface area contributed by atoms with Crippen molar-refractivity contribution in [1.29, 1.82) is 0 Å². The molecule has 2 aliphatic rings. The van der Waals surface area contributed by atoms with E-state index in [0.717, 1.165) is 11.3 Å². The highest BCUT2D eigenvalue weighted by molar-refractivity contribution is 7.12. The van der Waals surface area contributed by atoms with Crippen molar-refractivity contribution in [2.45, 2.75) is 18.9 Å². The van der Waals surface area contributed by atoms with Crippen LogP contribution in [-0.4, -0.2) is 23.9 Å². The zero-order chi connectivity index (χ0) is 11.1. The Morgan fingerprint density at radius 2 is 2.31 bits per heavy atom. The van der Waals surface area contributed by atoms with Crippen LogP contribution in [0.1, 0.15) is 22.5 Å². The lowest BCUT2D eigenvalue weighted by atomic mass is 10.0. The molecule has 0 N–H and O–H groups in total. The number of amides is 1. The molecule has 2 nitrogen and oxygen atoms in total. The average molecular weight is 233 g/mol. The molecule has 16 heavy (non-hydrogen) atoms. The summed E-state index contributed by atoms with van der Waals surface area (Å²) in [6, 6.07) is 4.27. The normalized spacial score (nSPS) is 30.9. The van der Waals surface area contributed by atoms with E-state index in [1.807, 2.05) is 29.5 Å². The third kappa shape index (κ3) is 1.50. The fourth-order valence-electron chi connectivity index (χ4n) is 2.92. The van der Waals surface area contributed by atoms with Crippen molar-refractivity contribution in [3.8, 4) is 0 Å². The molecule has 1 fully saturated rings. The van der Waals surface area contributed by atoms with Crippen LogP contribution in [0.15, 0.2) is 29.7 Å². The van der Waals surface area contributed by atoms with Gasteiger partial charge in [-0.15, -0.1) is 11.3 Å². The molecule has 3 rings (SSSR count). The molecule has 2 bridgehead atoms. The number of hydrogen-bond donors (Lipinski definition) is 0. The predicted molar refractivity (Wildman–Crippen MR) is 65.6 cm³/mol. The Hall–Kier alpha value is -1.09. The van der Waals surface area contributed by atoms with E-state index in [9.17, 15) is 4.79 Å². The first-order valence-corrected chi connectivity index (χ1v) is 6.62. The van der Waals surface area contributed by atoms with Gasteiger partial charge in [-0.05, 0) is 36.1 Å². The summed E-state index contributed by atoms with van der Waals surface area (Å²) < 4.78 is 0. The maximum atomic E-state index is 12.2. The van der Waals surface area contributed by atoms with Crippen LogP contribution in [0.4, 0.5) is 0 Å². The minimum absolute atomic E-state index is 0.181. The van der Waals surface area contributed by atoms with E-state index in [4.69, 9.17) is 0 Å². The largest absolute Gasteiger partial charge is 0.337 e. The van der Waals surface area contributed by atoms with Gasteiger partial charge in [0.05, 0.1) is 4.88 Å². The fraction of sp³-hybridized carbons (Fsp3) is 0.462. The lowest BCUT2D eigenvalue weighted by Gasteiger charge is -2.29. The van der Waals surface area contributed by atoms with Crippen LogP contribution in [0.2, 0.25) is 0 Å². The Balaban J connectivity index is 1.76. The van der Waals surface area contributed by atoms with Crippen molar-refractivity contribution in [2.75, 3.05) is 7.05 Å². The first kappa shape index (κ1) is 10.1. The zero-order valence-electron chi connectivity index (χ0n) is 9.30. The second-order valence-corrected chi connectivity index (χ2v) is 5.69. The van der Waals surface area contributed by atoms with Crippen LogP contribution < -0.4 is 0 Å². The van der Waals surface area contributed by atoms with Crippen LogP contribution in [0.3, 0.4) is 0 Å². The van der Waals surface area contributed by atoms with E-state index in [2.05, 4.69) is 12.2 Å². The number of thiophene rings is 1. The predicted octanol–water partition coefficient (Wildman–Crippen LogP) is 2.78. The summed E-state index contributed by atoms with van der Waals surface area (Å²) in [4.78, 5) is 15.0. The van der Waals surface area contributed by atoms with Crippen LogP contribution in [0.5, 0.6) is 0 Å². The molecule has 0 unspecified atom stereocenters. The van der Waals surface area contributed by atoms with E-state index < -0.39 is 0 Å². The van der Waals surface area contributed by atoms with E-state index in [-0.39, 0.29) is 5.91 Å². The SMILES string of the molecule is CN(C(=O)c1cccs1)[C@@H]1C[C@@H]2C=C[C@H]1C2. The summed E-state index contributed by atoms with van der Waals surface area (Å²) in [7, 11) is 1.95. The molecular weight excluding hydrogens is 218 g/mol. The van der Waals surface area contributed by atoms with Crippen molar-refractivity contribution in [2.24, 2.45) is 11.8 Å². The molecule has 0 aromatic carbocycles. The molecule has 1 aromatic heterocycles. The average Bonchev–Trinajstić information content (AvgIpc) is 3.02. The highest BCUT2D eigenvalue weighted by Gasteiger charge is 2.39. The number of nitrogens with zero attached hydrogens (tertiary/aromatic N) is 1. The summed E-state index contributed by atoms with van der Waals surface area (Å²) >= 11 is 1.53. The molecule has 84 valence electrons. The Kier molecular flexibility index (Phi) is 2.36. The van der Waals surface area contributed by atoms with Crippen LogP contribution in [-0.2, 0) is 0 Å². The van der Waals surface area contributed by atoms with Gasteiger partial charge in [0.2, 0.25) is 0 Å². The van der Waals surface area contributed by atoms with E-state index in [1.54, 1.807) is 0 Å². The van der Waals surface area contributed by atoms with Crippen LogP contribution in [0.25, 0.3) is 0 Å². The zero-order valence-corrected chi connectivity index (χ0v) is 10.1. The molecular formula is C13H15NOS. The third-order valence-electron chi connectivity index (χ3n) is 3.79. The van der Waals surface area contributed by atoms with Gasteiger partial charge in [-0.3, -0.25) is 4.79 Å². The third-order valence-corrected chi connectivity index (χ3v) is 4.65. The van der Waals surface area contributed by atoms with Gasteiger partial charge in [0, 0.05) is 13.1 Å². The number of carbonyl (C=O) groups is 1. The van der Waals surface area contributed by atoms with Gasteiger partial charge >= 0.3 is 0 Å². The number of rotatable bonds is 2. The highest BCUT2D eigenvalue weighted by atomic mass is 32.1. The van der Waals surface area contributed by atoms with E-state index in [1.165, 1.54) is 17.8 Å². The van der Waals surface area contributed by atoms with Crippen LogP contribution in [0, 0.1) is 11.8 Å². The standard InChI is InChI=1S/C13H15NOS/c1-14(13(15)12-3-2-6-16-12)11-8-9-4-5-10(11)7-9/h2-6,9-11H,7-8H2,1H3/t9-,10+,11-/m1/s1. The minimum atomic E-state index is 0.181. The number of carbonyl (C=O) groups excluding carboxylic acids is 1. The Bertz CT molecular complexity index is 423. The van der Waals surface area contributed by atoms with Crippen LogP contribution >= 0.6 is 11.3 Å². The maximum absolute atomic E-state index is 12.2. The summed E-state index contributed by atoms with van der Waals surface area (Å²) in [6.07, 6.45) is 6.99.